The fraction of sp³-hybridized carbons (Fsp3) is 0.278. The zero-order chi connectivity index (χ0) is 18.1. The summed E-state index contributed by atoms with van der Waals surface area (Å²) in [5.74, 6) is 0.113. The summed E-state index contributed by atoms with van der Waals surface area (Å²) in [6, 6.07) is 6.19. The SMILES string of the molecule is Cc1c(C(=O)NCCc2ccc(F)cc2)sc2nc(C)n(C)c(=O)c12. The van der Waals surface area contributed by atoms with E-state index < -0.39 is 0 Å². The fourth-order valence-electron chi connectivity index (χ4n) is 2.63. The molecule has 0 spiro atoms. The molecule has 2 heterocycles. The fourth-order valence-corrected chi connectivity index (χ4v) is 3.77. The molecule has 7 heteroatoms. The Morgan fingerprint density at radius 1 is 1.28 bits per heavy atom. The molecule has 0 radical (unpaired) electrons. The van der Waals surface area contributed by atoms with Gasteiger partial charge in [0.2, 0.25) is 0 Å². The van der Waals surface area contributed by atoms with E-state index in [1.807, 2.05) is 0 Å². The van der Waals surface area contributed by atoms with Gasteiger partial charge in [-0.3, -0.25) is 14.2 Å². The largest absolute Gasteiger partial charge is 0.351 e. The lowest BCUT2D eigenvalue weighted by molar-refractivity contribution is 0.0957. The van der Waals surface area contributed by atoms with Crippen molar-refractivity contribution in [1.29, 1.82) is 0 Å². The van der Waals surface area contributed by atoms with Crippen LogP contribution in [0.1, 0.15) is 26.6 Å². The highest BCUT2D eigenvalue weighted by Crippen LogP contribution is 2.27. The van der Waals surface area contributed by atoms with E-state index in [4.69, 9.17) is 0 Å². The van der Waals surface area contributed by atoms with E-state index in [1.54, 1.807) is 33.0 Å². The number of amides is 1. The summed E-state index contributed by atoms with van der Waals surface area (Å²) in [6.45, 7) is 3.97. The molecule has 5 nitrogen and oxygen atoms in total. The van der Waals surface area contributed by atoms with E-state index in [-0.39, 0.29) is 17.3 Å². The van der Waals surface area contributed by atoms with Gasteiger partial charge in [0.15, 0.2) is 0 Å². The second kappa shape index (κ2) is 6.76. The van der Waals surface area contributed by atoms with Crippen LogP contribution in [0.3, 0.4) is 0 Å². The number of aromatic nitrogens is 2. The van der Waals surface area contributed by atoms with E-state index in [0.29, 0.717) is 39.4 Å². The molecular formula is C18H18FN3O2S. The van der Waals surface area contributed by atoms with Gasteiger partial charge in [-0.05, 0) is 43.5 Å². The maximum Gasteiger partial charge on any atom is 0.262 e. The molecule has 0 unspecified atom stereocenters. The standard InChI is InChI=1S/C18H18FN3O2S/c1-10-14-17(21-11(2)22(3)18(14)24)25-15(10)16(23)20-9-8-12-4-6-13(19)7-5-12/h4-7H,8-9H2,1-3H3,(H,20,23). The first-order chi connectivity index (χ1) is 11.9. The van der Waals surface area contributed by atoms with Gasteiger partial charge in [-0.2, -0.15) is 0 Å². The molecule has 1 amide bonds. The van der Waals surface area contributed by atoms with Gasteiger partial charge >= 0.3 is 0 Å². The molecule has 2 aromatic heterocycles. The second-order valence-corrected chi connectivity index (χ2v) is 6.89. The van der Waals surface area contributed by atoms with Crippen LogP contribution in [0.2, 0.25) is 0 Å². The molecule has 0 saturated carbocycles. The number of benzene rings is 1. The lowest BCUT2D eigenvalue weighted by Crippen LogP contribution is -2.25. The summed E-state index contributed by atoms with van der Waals surface area (Å²) in [5.41, 5.74) is 1.47. The molecular weight excluding hydrogens is 341 g/mol. The third-order valence-electron chi connectivity index (χ3n) is 4.21. The molecule has 0 aliphatic carbocycles. The first-order valence-corrected chi connectivity index (χ1v) is 8.69. The van der Waals surface area contributed by atoms with Gasteiger partial charge in [0.1, 0.15) is 16.5 Å². The average Bonchev–Trinajstić information content (AvgIpc) is 2.91. The normalized spacial score (nSPS) is 11.0. The Labute approximate surface area is 148 Å². The number of carbonyl (C=O) groups excluding carboxylic acids is 1. The maximum atomic E-state index is 12.9. The average molecular weight is 359 g/mol. The van der Waals surface area contributed by atoms with Crippen molar-refractivity contribution in [2.75, 3.05) is 6.54 Å². The third kappa shape index (κ3) is 3.32. The van der Waals surface area contributed by atoms with Crippen molar-refractivity contribution in [3.63, 3.8) is 0 Å². The number of halogens is 1. The van der Waals surface area contributed by atoms with Crippen LogP contribution in [0.15, 0.2) is 29.1 Å². The smallest absolute Gasteiger partial charge is 0.262 e. The summed E-state index contributed by atoms with van der Waals surface area (Å²) in [7, 11) is 1.67. The van der Waals surface area contributed by atoms with Crippen molar-refractivity contribution >= 4 is 27.5 Å². The molecule has 0 aliphatic heterocycles. The number of fused-ring (bicyclic) bond motifs is 1. The first kappa shape index (κ1) is 17.3. The molecule has 0 bridgehead atoms. The van der Waals surface area contributed by atoms with Gasteiger partial charge in [-0.15, -0.1) is 11.3 Å². The van der Waals surface area contributed by atoms with E-state index in [0.717, 1.165) is 5.56 Å². The summed E-state index contributed by atoms with van der Waals surface area (Å²) >= 11 is 1.23. The molecule has 3 rings (SSSR count). The minimum atomic E-state index is -0.280. The highest BCUT2D eigenvalue weighted by Gasteiger charge is 2.19. The zero-order valence-electron chi connectivity index (χ0n) is 14.2. The Kier molecular flexibility index (Phi) is 4.67. The monoisotopic (exact) mass is 359 g/mol. The first-order valence-electron chi connectivity index (χ1n) is 7.88. The van der Waals surface area contributed by atoms with Crippen molar-refractivity contribution in [2.45, 2.75) is 20.3 Å². The predicted octanol–water partition coefficient (Wildman–Crippen LogP) is 2.72. The predicted molar refractivity (Wildman–Crippen MR) is 96.8 cm³/mol. The van der Waals surface area contributed by atoms with Crippen LogP contribution in [0.25, 0.3) is 10.2 Å². The van der Waals surface area contributed by atoms with Crippen LogP contribution in [0, 0.1) is 19.7 Å². The minimum Gasteiger partial charge on any atom is -0.351 e. The van der Waals surface area contributed by atoms with E-state index in [2.05, 4.69) is 10.3 Å². The minimum absolute atomic E-state index is 0.137. The number of nitrogens with zero attached hydrogens (tertiary/aromatic N) is 2. The number of carbonyl (C=O) groups is 1. The second-order valence-electron chi connectivity index (χ2n) is 5.89. The summed E-state index contributed by atoms with van der Waals surface area (Å²) in [6.07, 6.45) is 0.606. The molecule has 0 aliphatic rings. The molecule has 0 fully saturated rings. The third-order valence-corrected chi connectivity index (χ3v) is 5.40. The van der Waals surface area contributed by atoms with Gasteiger partial charge < -0.3 is 5.32 Å². The summed E-state index contributed by atoms with van der Waals surface area (Å²) in [5, 5.41) is 3.36. The number of hydrogen-bond donors (Lipinski definition) is 1. The van der Waals surface area contributed by atoms with Crippen molar-refractivity contribution in [2.24, 2.45) is 7.05 Å². The summed E-state index contributed by atoms with van der Waals surface area (Å²) < 4.78 is 14.4. The van der Waals surface area contributed by atoms with Crippen LogP contribution in [0.4, 0.5) is 4.39 Å². The van der Waals surface area contributed by atoms with Crippen molar-refractivity contribution in [1.82, 2.24) is 14.9 Å². The van der Waals surface area contributed by atoms with Crippen LogP contribution in [-0.2, 0) is 13.5 Å². The van der Waals surface area contributed by atoms with Gasteiger partial charge in [-0.1, -0.05) is 12.1 Å². The highest BCUT2D eigenvalue weighted by atomic mass is 32.1. The Hall–Kier alpha value is -2.54. The lowest BCUT2D eigenvalue weighted by Gasteiger charge is -2.05. The quantitative estimate of drug-likeness (QED) is 0.779. The maximum absolute atomic E-state index is 12.9. The zero-order valence-corrected chi connectivity index (χ0v) is 15.0. The number of thiophene rings is 1. The van der Waals surface area contributed by atoms with Gasteiger partial charge in [-0.25, -0.2) is 9.37 Å². The van der Waals surface area contributed by atoms with Gasteiger partial charge in [0.05, 0.1) is 10.3 Å². The topological polar surface area (TPSA) is 64.0 Å². The molecule has 130 valence electrons. The van der Waals surface area contributed by atoms with Crippen LogP contribution < -0.4 is 10.9 Å². The Bertz CT molecular complexity index is 1010. The van der Waals surface area contributed by atoms with Crippen LogP contribution >= 0.6 is 11.3 Å². The molecule has 0 atom stereocenters. The van der Waals surface area contributed by atoms with Gasteiger partial charge in [0, 0.05) is 13.6 Å². The highest BCUT2D eigenvalue weighted by molar-refractivity contribution is 7.20. The number of hydrogen-bond acceptors (Lipinski definition) is 4. The number of rotatable bonds is 4. The molecule has 1 N–H and O–H groups in total. The van der Waals surface area contributed by atoms with Crippen molar-refractivity contribution < 1.29 is 9.18 Å². The van der Waals surface area contributed by atoms with Gasteiger partial charge in [0.25, 0.3) is 11.5 Å². The van der Waals surface area contributed by atoms with Crippen LogP contribution in [-0.4, -0.2) is 22.0 Å². The molecule has 0 saturated heterocycles. The van der Waals surface area contributed by atoms with Crippen molar-refractivity contribution in [3.05, 3.63) is 62.3 Å². The molecule has 25 heavy (non-hydrogen) atoms. The van der Waals surface area contributed by atoms with E-state index >= 15 is 0 Å². The Morgan fingerprint density at radius 3 is 2.64 bits per heavy atom. The van der Waals surface area contributed by atoms with Crippen molar-refractivity contribution in [3.8, 4) is 0 Å². The lowest BCUT2D eigenvalue weighted by atomic mass is 10.1. The Morgan fingerprint density at radius 2 is 1.96 bits per heavy atom. The van der Waals surface area contributed by atoms with E-state index in [1.165, 1.54) is 28.0 Å². The van der Waals surface area contributed by atoms with E-state index in [9.17, 15) is 14.0 Å². The molecule has 1 aromatic carbocycles. The van der Waals surface area contributed by atoms with Crippen LogP contribution in [0.5, 0.6) is 0 Å². The Balaban J connectivity index is 1.78. The molecule has 3 aromatic rings. The number of nitrogens with one attached hydrogen (secondary N) is 1. The summed E-state index contributed by atoms with van der Waals surface area (Å²) in [4.78, 5) is 30.4. The number of aryl methyl sites for hydroxylation is 2.